The van der Waals surface area contributed by atoms with Gasteiger partial charge in [0.1, 0.15) is 17.2 Å². The summed E-state index contributed by atoms with van der Waals surface area (Å²) in [5, 5.41) is 0.737. The van der Waals surface area contributed by atoms with Gasteiger partial charge in [0, 0.05) is 24.1 Å². The highest BCUT2D eigenvalue weighted by Crippen LogP contribution is 2.28. The van der Waals surface area contributed by atoms with Crippen molar-refractivity contribution in [3.05, 3.63) is 60.4 Å². The van der Waals surface area contributed by atoms with Crippen molar-refractivity contribution in [2.24, 2.45) is 0 Å². The van der Waals surface area contributed by atoms with Gasteiger partial charge in [-0.3, -0.25) is 9.36 Å². The van der Waals surface area contributed by atoms with E-state index in [1.54, 1.807) is 38.6 Å². The van der Waals surface area contributed by atoms with Gasteiger partial charge in [0.15, 0.2) is 10.9 Å². The zero-order valence-electron chi connectivity index (χ0n) is 15.3. The fourth-order valence-electron chi connectivity index (χ4n) is 2.57. The minimum absolute atomic E-state index is 0.0382. The Kier molecular flexibility index (Phi) is 6.03. The quantitative estimate of drug-likeness (QED) is 0.434. The van der Waals surface area contributed by atoms with Gasteiger partial charge >= 0.3 is 0 Å². The molecule has 7 heteroatoms. The molecule has 1 heterocycles. The minimum atomic E-state index is -0.0382. The third-order valence-corrected chi connectivity index (χ3v) is 4.97. The van der Waals surface area contributed by atoms with Crippen LogP contribution in [0.3, 0.4) is 0 Å². The van der Waals surface area contributed by atoms with E-state index in [0.29, 0.717) is 17.1 Å². The lowest BCUT2D eigenvalue weighted by Crippen LogP contribution is -2.06. The fourth-order valence-corrected chi connectivity index (χ4v) is 3.43. The lowest BCUT2D eigenvalue weighted by Gasteiger charge is -2.10. The molecule has 0 spiro atoms. The van der Waals surface area contributed by atoms with E-state index in [-0.39, 0.29) is 11.5 Å². The Balaban J connectivity index is 1.74. The van der Waals surface area contributed by atoms with Gasteiger partial charge in [0.25, 0.3) is 0 Å². The van der Waals surface area contributed by atoms with Gasteiger partial charge in [-0.25, -0.2) is 4.98 Å². The van der Waals surface area contributed by atoms with Crippen molar-refractivity contribution in [1.29, 1.82) is 0 Å². The number of Topliss-reactive ketones (excluding diaryl/α,β-unsaturated/α-hetero) is 1. The van der Waals surface area contributed by atoms with Gasteiger partial charge in [-0.1, -0.05) is 11.8 Å². The molecular weight excluding hydrogens is 364 g/mol. The van der Waals surface area contributed by atoms with Gasteiger partial charge in [-0.15, -0.1) is 0 Å². The number of hydrogen-bond acceptors (Lipinski definition) is 6. The Morgan fingerprint density at radius 1 is 1.00 bits per heavy atom. The summed E-state index contributed by atoms with van der Waals surface area (Å²) in [4.78, 5) is 17.0. The number of carbonyl (C=O) groups is 1. The summed E-state index contributed by atoms with van der Waals surface area (Å²) in [5.41, 5.74) is 1.47. The third kappa shape index (κ3) is 4.25. The van der Waals surface area contributed by atoms with E-state index in [4.69, 9.17) is 14.2 Å². The number of aromatic nitrogens is 2. The van der Waals surface area contributed by atoms with Gasteiger partial charge in [-0.05, 0) is 36.4 Å². The standard InChI is InChI=1S/C20H20N2O4S/c1-24-15-6-4-14(5-7-15)22-11-10-21-20(22)27-13-18(23)17-9-8-16(25-2)12-19(17)26-3/h4-12H,13H2,1-3H3. The molecule has 0 N–H and O–H groups in total. The molecule has 0 aliphatic heterocycles. The van der Waals surface area contributed by atoms with Crippen LogP contribution < -0.4 is 14.2 Å². The Hall–Kier alpha value is -2.93. The van der Waals surface area contributed by atoms with E-state index in [1.807, 2.05) is 35.0 Å². The molecule has 3 aromatic rings. The highest BCUT2D eigenvalue weighted by atomic mass is 32.2. The molecule has 0 unspecified atom stereocenters. The first kappa shape index (κ1) is 18.8. The van der Waals surface area contributed by atoms with Crippen molar-refractivity contribution in [3.63, 3.8) is 0 Å². The number of hydrogen-bond donors (Lipinski definition) is 0. The molecule has 0 fully saturated rings. The molecule has 2 aromatic carbocycles. The van der Waals surface area contributed by atoms with E-state index in [2.05, 4.69) is 4.98 Å². The van der Waals surface area contributed by atoms with Crippen LogP contribution in [0.1, 0.15) is 10.4 Å². The van der Waals surface area contributed by atoms with Crippen LogP contribution in [0.25, 0.3) is 5.69 Å². The Bertz CT molecular complexity index is 922. The number of imidazole rings is 1. The van der Waals surface area contributed by atoms with Gasteiger partial charge in [0.05, 0.1) is 32.6 Å². The van der Waals surface area contributed by atoms with Crippen LogP contribution in [0.4, 0.5) is 0 Å². The average molecular weight is 384 g/mol. The number of benzene rings is 2. The summed E-state index contributed by atoms with van der Waals surface area (Å²) < 4.78 is 17.6. The third-order valence-electron chi connectivity index (χ3n) is 4.00. The molecule has 0 atom stereocenters. The smallest absolute Gasteiger partial charge is 0.176 e. The van der Waals surface area contributed by atoms with Crippen molar-refractivity contribution in [2.45, 2.75) is 5.16 Å². The first-order valence-corrected chi connectivity index (χ1v) is 9.20. The molecule has 140 valence electrons. The number of thioether (sulfide) groups is 1. The summed E-state index contributed by atoms with van der Waals surface area (Å²) in [5.74, 6) is 2.14. The van der Waals surface area contributed by atoms with Gasteiger partial charge in [-0.2, -0.15) is 0 Å². The highest BCUT2D eigenvalue weighted by Gasteiger charge is 2.15. The normalized spacial score (nSPS) is 10.5. The number of nitrogens with zero attached hydrogens (tertiary/aromatic N) is 2. The Morgan fingerprint density at radius 3 is 2.37 bits per heavy atom. The van der Waals surface area contributed by atoms with Crippen LogP contribution in [0.5, 0.6) is 17.2 Å². The maximum Gasteiger partial charge on any atom is 0.176 e. The van der Waals surface area contributed by atoms with E-state index in [1.165, 1.54) is 18.9 Å². The maximum atomic E-state index is 12.7. The largest absolute Gasteiger partial charge is 0.497 e. The molecule has 0 saturated heterocycles. The van der Waals surface area contributed by atoms with Crippen molar-refractivity contribution in [3.8, 4) is 22.9 Å². The summed E-state index contributed by atoms with van der Waals surface area (Å²) in [6.45, 7) is 0. The molecule has 0 bridgehead atoms. The molecule has 0 aliphatic rings. The van der Waals surface area contributed by atoms with Crippen LogP contribution >= 0.6 is 11.8 Å². The summed E-state index contributed by atoms with van der Waals surface area (Å²) in [6.07, 6.45) is 3.58. The number of carbonyl (C=O) groups excluding carboxylic acids is 1. The fraction of sp³-hybridized carbons (Fsp3) is 0.200. The maximum absolute atomic E-state index is 12.7. The van der Waals surface area contributed by atoms with Crippen LogP contribution in [-0.2, 0) is 0 Å². The van der Waals surface area contributed by atoms with E-state index < -0.39 is 0 Å². The number of ketones is 1. The number of methoxy groups -OCH3 is 3. The van der Waals surface area contributed by atoms with E-state index in [0.717, 1.165) is 16.6 Å². The topological polar surface area (TPSA) is 62.6 Å². The van der Waals surface area contributed by atoms with Crippen LogP contribution in [0.15, 0.2) is 60.0 Å². The molecule has 0 saturated carbocycles. The first-order chi connectivity index (χ1) is 13.2. The minimum Gasteiger partial charge on any atom is -0.497 e. The van der Waals surface area contributed by atoms with Crippen LogP contribution in [0.2, 0.25) is 0 Å². The molecule has 0 radical (unpaired) electrons. The second-order valence-electron chi connectivity index (χ2n) is 5.56. The summed E-state index contributed by atoms with van der Waals surface area (Å²) >= 11 is 1.37. The zero-order chi connectivity index (χ0) is 19.2. The molecular formula is C20H20N2O4S. The molecule has 27 heavy (non-hydrogen) atoms. The molecule has 1 aromatic heterocycles. The predicted molar refractivity (Wildman–Crippen MR) is 105 cm³/mol. The molecule has 6 nitrogen and oxygen atoms in total. The summed E-state index contributed by atoms with van der Waals surface area (Å²) in [6, 6.07) is 12.8. The van der Waals surface area contributed by atoms with Crippen LogP contribution in [0, 0.1) is 0 Å². The second-order valence-corrected chi connectivity index (χ2v) is 6.50. The lowest BCUT2D eigenvalue weighted by molar-refractivity contribution is 0.101. The molecule has 3 rings (SSSR count). The lowest BCUT2D eigenvalue weighted by atomic mass is 10.1. The van der Waals surface area contributed by atoms with Gasteiger partial charge in [0.2, 0.25) is 0 Å². The highest BCUT2D eigenvalue weighted by molar-refractivity contribution is 7.99. The van der Waals surface area contributed by atoms with Crippen LogP contribution in [-0.4, -0.2) is 42.4 Å². The van der Waals surface area contributed by atoms with Crippen molar-refractivity contribution < 1.29 is 19.0 Å². The Morgan fingerprint density at radius 2 is 1.70 bits per heavy atom. The first-order valence-electron chi connectivity index (χ1n) is 8.22. The van der Waals surface area contributed by atoms with E-state index >= 15 is 0 Å². The van der Waals surface area contributed by atoms with E-state index in [9.17, 15) is 4.79 Å². The number of ether oxygens (including phenoxy) is 3. The summed E-state index contributed by atoms with van der Waals surface area (Å²) in [7, 11) is 4.74. The monoisotopic (exact) mass is 384 g/mol. The molecule has 0 aliphatic carbocycles. The van der Waals surface area contributed by atoms with Crippen molar-refractivity contribution >= 4 is 17.5 Å². The zero-order valence-corrected chi connectivity index (χ0v) is 16.2. The predicted octanol–water partition coefficient (Wildman–Crippen LogP) is 3.87. The van der Waals surface area contributed by atoms with Crippen molar-refractivity contribution in [1.82, 2.24) is 9.55 Å². The average Bonchev–Trinajstić information content (AvgIpc) is 3.20. The SMILES string of the molecule is COc1ccc(-n2ccnc2SCC(=O)c2ccc(OC)cc2OC)cc1. The van der Waals surface area contributed by atoms with Gasteiger partial charge < -0.3 is 14.2 Å². The Labute approximate surface area is 162 Å². The second kappa shape index (κ2) is 8.64. The molecule has 0 amide bonds. The number of rotatable bonds is 8. The van der Waals surface area contributed by atoms with Crippen molar-refractivity contribution in [2.75, 3.05) is 27.1 Å².